The molecule has 0 aromatic rings. The zero-order valence-corrected chi connectivity index (χ0v) is 12.0. The number of rotatable bonds is 5. The van der Waals surface area contributed by atoms with Gasteiger partial charge in [-0.3, -0.25) is 4.79 Å². The zero-order chi connectivity index (χ0) is 14.6. The molecule has 2 rings (SSSR count). The predicted octanol–water partition coefficient (Wildman–Crippen LogP) is 1.64. The lowest BCUT2D eigenvalue weighted by Gasteiger charge is -2.29. The van der Waals surface area contributed by atoms with Gasteiger partial charge < -0.3 is 20.5 Å². The van der Waals surface area contributed by atoms with Gasteiger partial charge in [0.1, 0.15) is 0 Å². The Hall–Kier alpha value is -1.30. The second-order valence-corrected chi connectivity index (χ2v) is 6.02. The van der Waals surface area contributed by atoms with Crippen LogP contribution in [0.15, 0.2) is 0 Å². The van der Waals surface area contributed by atoms with Gasteiger partial charge >= 0.3 is 12.0 Å². The van der Waals surface area contributed by atoms with E-state index in [-0.39, 0.29) is 24.6 Å². The number of amides is 2. The van der Waals surface area contributed by atoms with Crippen molar-refractivity contribution in [2.75, 3.05) is 7.11 Å². The number of carbonyl (C=O) groups is 2. The Morgan fingerprint density at radius 3 is 2.55 bits per heavy atom. The molecule has 0 aromatic heterocycles. The Balaban J connectivity index is 1.84. The smallest absolute Gasteiger partial charge is 0.315 e. The van der Waals surface area contributed by atoms with Crippen LogP contribution in [0, 0.1) is 0 Å². The number of carboxylic acids is 1. The second kappa shape index (κ2) is 6.43. The lowest BCUT2D eigenvalue weighted by atomic mass is 9.93. The van der Waals surface area contributed by atoms with Crippen molar-refractivity contribution in [1.82, 2.24) is 10.6 Å². The SMILES string of the molecule is COC1CCC(NC(=O)NC2(CC(=O)O)CCCC2)C1. The first kappa shape index (κ1) is 15.1. The molecule has 0 radical (unpaired) electrons. The normalized spacial score (nSPS) is 28.2. The highest BCUT2D eigenvalue weighted by atomic mass is 16.5. The molecule has 2 aliphatic rings. The zero-order valence-electron chi connectivity index (χ0n) is 12.0. The fourth-order valence-corrected chi connectivity index (χ4v) is 3.43. The molecule has 3 N–H and O–H groups in total. The maximum absolute atomic E-state index is 12.1. The van der Waals surface area contributed by atoms with Gasteiger partial charge in [0.15, 0.2) is 0 Å². The molecule has 6 heteroatoms. The minimum absolute atomic E-state index is 0.00574. The van der Waals surface area contributed by atoms with Crippen LogP contribution in [0.3, 0.4) is 0 Å². The molecule has 20 heavy (non-hydrogen) atoms. The van der Waals surface area contributed by atoms with E-state index in [9.17, 15) is 9.59 Å². The number of ether oxygens (including phenoxy) is 1. The summed E-state index contributed by atoms with van der Waals surface area (Å²) in [5.74, 6) is -0.854. The molecule has 0 aromatic carbocycles. The van der Waals surface area contributed by atoms with Gasteiger partial charge in [-0.15, -0.1) is 0 Å². The molecular weight excluding hydrogens is 260 g/mol. The maximum atomic E-state index is 12.1. The molecule has 0 saturated heterocycles. The Bertz CT molecular complexity index is 366. The standard InChI is InChI=1S/C14H24N2O4/c1-20-11-5-4-10(8-11)15-13(19)16-14(9-12(17)18)6-2-3-7-14/h10-11H,2-9H2,1H3,(H,17,18)(H2,15,16,19). The molecular formula is C14H24N2O4. The van der Waals surface area contributed by atoms with E-state index in [1.165, 1.54) is 0 Å². The molecule has 2 atom stereocenters. The van der Waals surface area contributed by atoms with Crippen molar-refractivity contribution in [3.8, 4) is 0 Å². The van der Waals surface area contributed by atoms with Crippen LogP contribution >= 0.6 is 0 Å². The van der Waals surface area contributed by atoms with Crippen LogP contribution in [0.4, 0.5) is 4.79 Å². The molecule has 0 heterocycles. The van der Waals surface area contributed by atoms with Gasteiger partial charge in [-0.1, -0.05) is 12.8 Å². The van der Waals surface area contributed by atoms with Crippen LogP contribution in [0.2, 0.25) is 0 Å². The van der Waals surface area contributed by atoms with E-state index in [4.69, 9.17) is 9.84 Å². The fraction of sp³-hybridized carbons (Fsp3) is 0.857. The maximum Gasteiger partial charge on any atom is 0.315 e. The van der Waals surface area contributed by atoms with E-state index < -0.39 is 11.5 Å². The van der Waals surface area contributed by atoms with Gasteiger partial charge in [-0.2, -0.15) is 0 Å². The molecule has 2 aliphatic carbocycles. The van der Waals surface area contributed by atoms with E-state index >= 15 is 0 Å². The predicted molar refractivity (Wildman–Crippen MR) is 73.6 cm³/mol. The molecule has 0 bridgehead atoms. The highest BCUT2D eigenvalue weighted by molar-refractivity contribution is 5.77. The number of methoxy groups -OCH3 is 1. The number of hydrogen-bond acceptors (Lipinski definition) is 3. The number of nitrogens with one attached hydrogen (secondary N) is 2. The number of carboxylic acid groups (broad SMARTS) is 1. The Kier molecular flexibility index (Phi) is 4.86. The first-order valence-electron chi connectivity index (χ1n) is 7.36. The summed E-state index contributed by atoms with van der Waals surface area (Å²) in [6.07, 6.45) is 6.38. The van der Waals surface area contributed by atoms with Gasteiger partial charge in [0, 0.05) is 13.2 Å². The molecule has 6 nitrogen and oxygen atoms in total. The van der Waals surface area contributed by atoms with Gasteiger partial charge in [-0.25, -0.2) is 4.79 Å². The molecule has 2 fully saturated rings. The quantitative estimate of drug-likeness (QED) is 0.716. The average Bonchev–Trinajstić information content (AvgIpc) is 2.98. The number of aliphatic carboxylic acids is 1. The molecule has 2 unspecified atom stereocenters. The van der Waals surface area contributed by atoms with Crippen molar-refractivity contribution in [3.05, 3.63) is 0 Å². The third kappa shape index (κ3) is 3.85. The Morgan fingerprint density at radius 1 is 1.30 bits per heavy atom. The van der Waals surface area contributed by atoms with E-state index in [0.29, 0.717) is 0 Å². The van der Waals surface area contributed by atoms with Crippen LogP contribution in [0.1, 0.15) is 51.4 Å². The van der Waals surface area contributed by atoms with Gasteiger partial charge in [0.25, 0.3) is 0 Å². The summed E-state index contributed by atoms with van der Waals surface area (Å²) >= 11 is 0. The topological polar surface area (TPSA) is 87.7 Å². The summed E-state index contributed by atoms with van der Waals surface area (Å²) in [7, 11) is 1.69. The number of urea groups is 1. The lowest BCUT2D eigenvalue weighted by Crippen LogP contribution is -2.53. The second-order valence-electron chi connectivity index (χ2n) is 6.02. The Labute approximate surface area is 119 Å². The van der Waals surface area contributed by atoms with Crippen LogP contribution in [0.5, 0.6) is 0 Å². The number of carbonyl (C=O) groups excluding carboxylic acids is 1. The summed E-state index contributed by atoms with van der Waals surface area (Å²) in [5.41, 5.74) is -0.560. The Morgan fingerprint density at radius 2 is 2.00 bits per heavy atom. The summed E-state index contributed by atoms with van der Waals surface area (Å²) in [4.78, 5) is 23.1. The first-order valence-corrected chi connectivity index (χ1v) is 7.36. The van der Waals surface area contributed by atoms with Crippen molar-refractivity contribution in [1.29, 1.82) is 0 Å². The van der Waals surface area contributed by atoms with Gasteiger partial charge in [0.05, 0.1) is 18.1 Å². The largest absolute Gasteiger partial charge is 0.481 e. The third-order valence-electron chi connectivity index (χ3n) is 4.48. The third-order valence-corrected chi connectivity index (χ3v) is 4.48. The van der Waals surface area contributed by atoms with Crippen LogP contribution in [-0.4, -0.2) is 41.9 Å². The number of hydrogen-bond donors (Lipinski definition) is 3. The van der Waals surface area contributed by atoms with Crippen molar-refractivity contribution in [2.24, 2.45) is 0 Å². The minimum atomic E-state index is -0.854. The van der Waals surface area contributed by atoms with Crippen molar-refractivity contribution >= 4 is 12.0 Å². The monoisotopic (exact) mass is 284 g/mol. The van der Waals surface area contributed by atoms with Gasteiger partial charge in [-0.05, 0) is 32.1 Å². The van der Waals surface area contributed by atoms with Crippen LogP contribution < -0.4 is 10.6 Å². The summed E-state index contributed by atoms with van der Waals surface area (Å²) in [6.45, 7) is 0. The summed E-state index contributed by atoms with van der Waals surface area (Å²) in [5, 5.41) is 14.9. The van der Waals surface area contributed by atoms with Crippen molar-refractivity contribution in [3.63, 3.8) is 0 Å². The highest BCUT2D eigenvalue weighted by Crippen LogP contribution is 2.32. The minimum Gasteiger partial charge on any atom is -0.481 e. The molecule has 114 valence electrons. The molecule has 0 aliphatic heterocycles. The van der Waals surface area contributed by atoms with Crippen molar-refractivity contribution < 1.29 is 19.4 Å². The van der Waals surface area contributed by atoms with E-state index in [0.717, 1.165) is 44.9 Å². The first-order chi connectivity index (χ1) is 9.53. The fourth-order valence-electron chi connectivity index (χ4n) is 3.43. The molecule has 2 amide bonds. The van der Waals surface area contributed by atoms with Gasteiger partial charge in [0.2, 0.25) is 0 Å². The summed E-state index contributed by atoms with van der Waals surface area (Å²) in [6, 6.07) is -0.113. The van der Waals surface area contributed by atoms with E-state index in [1.807, 2.05) is 0 Å². The molecule has 2 saturated carbocycles. The highest BCUT2D eigenvalue weighted by Gasteiger charge is 2.38. The van der Waals surface area contributed by atoms with E-state index in [2.05, 4.69) is 10.6 Å². The lowest BCUT2D eigenvalue weighted by molar-refractivity contribution is -0.138. The van der Waals surface area contributed by atoms with Crippen molar-refractivity contribution in [2.45, 2.75) is 69.1 Å². The average molecular weight is 284 g/mol. The van der Waals surface area contributed by atoms with Crippen LogP contribution in [0.25, 0.3) is 0 Å². The summed E-state index contributed by atoms with van der Waals surface area (Å²) < 4.78 is 5.28. The van der Waals surface area contributed by atoms with E-state index in [1.54, 1.807) is 7.11 Å². The van der Waals surface area contributed by atoms with Crippen LogP contribution in [-0.2, 0) is 9.53 Å². The molecule has 0 spiro atoms.